The summed E-state index contributed by atoms with van der Waals surface area (Å²) in [5, 5.41) is 0.604. The van der Waals surface area contributed by atoms with Crippen molar-refractivity contribution in [2.45, 2.75) is 13.5 Å². The summed E-state index contributed by atoms with van der Waals surface area (Å²) in [6.07, 6.45) is 7.97. The molecule has 2 aromatic carbocycles. The second-order valence-corrected chi connectivity index (χ2v) is 5.54. The van der Waals surface area contributed by atoms with Gasteiger partial charge in [-0.1, -0.05) is 48.0 Å². The molecule has 0 radical (unpaired) electrons. The molecule has 1 heterocycles. The van der Waals surface area contributed by atoms with Gasteiger partial charge in [-0.05, 0) is 36.8 Å². The van der Waals surface area contributed by atoms with Crippen LogP contribution in [0, 0.1) is 6.92 Å². The molecule has 23 heavy (non-hydrogen) atoms. The molecule has 3 rings (SSSR count). The van der Waals surface area contributed by atoms with Crippen LogP contribution in [0.3, 0.4) is 0 Å². The largest absolute Gasteiger partial charge is 0.456 e. The summed E-state index contributed by atoms with van der Waals surface area (Å²) in [6.45, 7) is 2.80. The van der Waals surface area contributed by atoms with Crippen LogP contribution >= 0.6 is 11.6 Å². The van der Waals surface area contributed by atoms with Crippen LogP contribution in [0.2, 0.25) is 5.02 Å². The number of hydrogen-bond acceptors (Lipinski definition) is 2. The minimum Gasteiger partial charge on any atom is -0.456 e. The molecular formula is C19H17ClN2O. The van der Waals surface area contributed by atoms with Gasteiger partial charge in [-0.15, -0.1) is 0 Å². The minimum atomic E-state index is 0.604. The number of imidazole rings is 1. The van der Waals surface area contributed by atoms with Gasteiger partial charge in [-0.3, -0.25) is 0 Å². The van der Waals surface area contributed by atoms with Crippen molar-refractivity contribution in [3.8, 4) is 11.5 Å². The number of benzene rings is 2. The third-order valence-corrected chi connectivity index (χ3v) is 3.79. The Morgan fingerprint density at radius 3 is 2.61 bits per heavy atom. The molecule has 0 spiro atoms. The quantitative estimate of drug-likeness (QED) is 0.632. The van der Waals surface area contributed by atoms with E-state index in [4.69, 9.17) is 16.3 Å². The van der Waals surface area contributed by atoms with Gasteiger partial charge in [0.25, 0.3) is 0 Å². The maximum Gasteiger partial charge on any atom is 0.146 e. The van der Waals surface area contributed by atoms with Crippen molar-refractivity contribution in [1.29, 1.82) is 0 Å². The highest BCUT2D eigenvalue weighted by molar-refractivity contribution is 6.32. The smallest absolute Gasteiger partial charge is 0.146 e. The highest BCUT2D eigenvalue weighted by Crippen LogP contribution is 2.28. The molecule has 0 saturated heterocycles. The summed E-state index contributed by atoms with van der Waals surface area (Å²) < 4.78 is 7.86. The lowest BCUT2D eigenvalue weighted by atomic mass is 10.2. The van der Waals surface area contributed by atoms with Gasteiger partial charge in [0.2, 0.25) is 0 Å². The normalized spacial score (nSPS) is 11.0. The summed E-state index contributed by atoms with van der Waals surface area (Å²) in [6, 6.07) is 15.3. The summed E-state index contributed by atoms with van der Waals surface area (Å²) in [5.74, 6) is 2.44. The van der Waals surface area contributed by atoms with E-state index < -0.39 is 0 Å². The first-order valence-corrected chi connectivity index (χ1v) is 7.77. The maximum atomic E-state index is 6.09. The van der Waals surface area contributed by atoms with Gasteiger partial charge in [-0.2, -0.15) is 0 Å². The van der Waals surface area contributed by atoms with E-state index in [2.05, 4.69) is 21.7 Å². The first kappa shape index (κ1) is 15.4. The number of para-hydroxylation sites is 1. The van der Waals surface area contributed by atoms with Crippen molar-refractivity contribution in [2.24, 2.45) is 0 Å². The lowest BCUT2D eigenvalue weighted by molar-refractivity contribution is 0.483. The van der Waals surface area contributed by atoms with Crippen LogP contribution in [0.5, 0.6) is 11.5 Å². The van der Waals surface area contributed by atoms with E-state index >= 15 is 0 Å². The molecule has 4 heteroatoms. The molecule has 3 nitrogen and oxygen atoms in total. The minimum absolute atomic E-state index is 0.604. The van der Waals surface area contributed by atoms with E-state index in [0.29, 0.717) is 10.8 Å². The fourth-order valence-corrected chi connectivity index (χ4v) is 2.37. The highest BCUT2D eigenvalue weighted by Gasteiger charge is 2.01. The van der Waals surface area contributed by atoms with Crippen LogP contribution in [-0.2, 0) is 6.54 Å². The fraction of sp³-hybridized carbons (Fsp3) is 0.105. The van der Waals surface area contributed by atoms with Gasteiger partial charge < -0.3 is 9.30 Å². The zero-order valence-electron chi connectivity index (χ0n) is 12.8. The van der Waals surface area contributed by atoms with Gasteiger partial charge in [0, 0.05) is 18.9 Å². The van der Waals surface area contributed by atoms with Gasteiger partial charge in [0.15, 0.2) is 0 Å². The van der Waals surface area contributed by atoms with Crippen molar-refractivity contribution in [1.82, 2.24) is 9.55 Å². The third-order valence-electron chi connectivity index (χ3n) is 3.48. The number of halogens is 1. The van der Waals surface area contributed by atoms with E-state index in [1.807, 2.05) is 67.8 Å². The monoisotopic (exact) mass is 324 g/mol. The van der Waals surface area contributed by atoms with Crippen molar-refractivity contribution in [3.63, 3.8) is 0 Å². The van der Waals surface area contributed by atoms with Crippen LogP contribution in [0.4, 0.5) is 0 Å². The number of allylic oxidation sites excluding steroid dienone is 1. The Bertz CT molecular complexity index is 806. The molecule has 0 unspecified atom stereocenters. The molecule has 0 atom stereocenters. The number of ether oxygens (including phenoxy) is 1. The molecule has 0 saturated carbocycles. The molecule has 116 valence electrons. The molecule has 0 N–H and O–H groups in total. The van der Waals surface area contributed by atoms with Crippen LogP contribution in [-0.4, -0.2) is 9.55 Å². The Morgan fingerprint density at radius 2 is 1.91 bits per heavy atom. The molecule has 3 aromatic rings. The average Bonchev–Trinajstić information content (AvgIpc) is 2.97. The number of hydrogen-bond donors (Lipinski definition) is 0. The van der Waals surface area contributed by atoms with E-state index in [1.54, 1.807) is 0 Å². The van der Waals surface area contributed by atoms with Crippen LogP contribution in [0.25, 0.3) is 6.08 Å². The number of rotatable bonds is 5. The Morgan fingerprint density at radius 1 is 1.13 bits per heavy atom. The molecule has 0 aliphatic carbocycles. The lowest BCUT2D eigenvalue weighted by Crippen LogP contribution is -1.95. The SMILES string of the molecule is Cc1nccn1CC=Cc1ccc(Oc2ccccc2Cl)cc1. The molecule has 0 bridgehead atoms. The zero-order chi connectivity index (χ0) is 16.1. The second-order valence-electron chi connectivity index (χ2n) is 5.13. The average molecular weight is 325 g/mol. The summed E-state index contributed by atoms with van der Waals surface area (Å²) in [4.78, 5) is 4.20. The Balaban J connectivity index is 1.63. The van der Waals surface area contributed by atoms with E-state index in [-0.39, 0.29) is 0 Å². The third kappa shape index (κ3) is 4.02. The van der Waals surface area contributed by atoms with Gasteiger partial charge in [0.05, 0.1) is 5.02 Å². The van der Waals surface area contributed by atoms with E-state index in [0.717, 1.165) is 23.7 Å². The second kappa shape index (κ2) is 7.16. The summed E-state index contributed by atoms with van der Waals surface area (Å²) in [5.41, 5.74) is 1.12. The predicted molar refractivity (Wildman–Crippen MR) is 94.0 cm³/mol. The maximum absolute atomic E-state index is 6.09. The Kier molecular flexibility index (Phi) is 4.79. The molecule has 0 aliphatic heterocycles. The molecule has 0 aliphatic rings. The zero-order valence-corrected chi connectivity index (χ0v) is 13.6. The fourth-order valence-electron chi connectivity index (χ4n) is 2.20. The summed E-state index contributed by atoms with van der Waals surface area (Å²) in [7, 11) is 0. The highest BCUT2D eigenvalue weighted by atomic mass is 35.5. The van der Waals surface area contributed by atoms with Gasteiger partial charge in [-0.25, -0.2) is 4.98 Å². The van der Waals surface area contributed by atoms with Crippen molar-refractivity contribution < 1.29 is 4.74 Å². The first-order valence-electron chi connectivity index (χ1n) is 7.39. The summed E-state index contributed by atoms with van der Waals surface area (Å²) >= 11 is 6.09. The number of aryl methyl sites for hydroxylation is 1. The molecule has 0 amide bonds. The topological polar surface area (TPSA) is 27.1 Å². The lowest BCUT2D eigenvalue weighted by Gasteiger charge is -2.07. The molecule has 1 aromatic heterocycles. The Hall–Kier alpha value is -2.52. The Labute approximate surface area is 140 Å². The van der Waals surface area contributed by atoms with Crippen LogP contribution in [0.15, 0.2) is 67.0 Å². The van der Waals surface area contributed by atoms with Gasteiger partial charge >= 0.3 is 0 Å². The van der Waals surface area contributed by atoms with Crippen molar-refractivity contribution in [2.75, 3.05) is 0 Å². The van der Waals surface area contributed by atoms with Crippen molar-refractivity contribution >= 4 is 17.7 Å². The van der Waals surface area contributed by atoms with E-state index in [1.165, 1.54) is 0 Å². The van der Waals surface area contributed by atoms with Crippen molar-refractivity contribution in [3.05, 3.63) is 83.4 Å². The van der Waals surface area contributed by atoms with Gasteiger partial charge in [0.1, 0.15) is 17.3 Å². The standard InChI is InChI=1S/C19H17ClN2O/c1-15-21-12-14-22(15)13-4-5-16-8-10-17(11-9-16)23-19-7-3-2-6-18(19)20/h2-12,14H,13H2,1H3. The predicted octanol–water partition coefficient (Wildman–Crippen LogP) is 5.35. The number of nitrogens with zero attached hydrogens (tertiary/aromatic N) is 2. The van der Waals surface area contributed by atoms with Crippen LogP contribution in [0.1, 0.15) is 11.4 Å². The molecular weight excluding hydrogens is 308 g/mol. The molecule has 0 fully saturated rings. The van der Waals surface area contributed by atoms with E-state index in [9.17, 15) is 0 Å². The first-order chi connectivity index (χ1) is 11.2. The number of aromatic nitrogens is 2. The van der Waals surface area contributed by atoms with Crippen LogP contribution < -0.4 is 4.74 Å².